The number of halogens is 1. The molecule has 5 nitrogen and oxygen atoms in total. The Morgan fingerprint density at radius 2 is 2.28 bits per heavy atom. The number of aryl methyl sites for hydroxylation is 1. The van der Waals surface area contributed by atoms with Gasteiger partial charge in [-0.1, -0.05) is 11.6 Å². The minimum absolute atomic E-state index is 0.0994. The first-order chi connectivity index (χ1) is 8.64. The van der Waals surface area contributed by atoms with Crippen molar-refractivity contribution in [2.75, 3.05) is 20.3 Å². The SMILES string of the molecule is CCn1ncc(Cl)c1C(=O)C1(OC)CCOCC1. The van der Waals surface area contributed by atoms with E-state index < -0.39 is 5.60 Å². The fourth-order valence-electron chi connectivity index (χ4n) is 2.27. The largest absolute Gasteiger partial charge is 0.381 e. The number of nitrogens with zero attached hydrogens (tertiary/aromatic N) is 2. The number of Topliss-reactive ketones (excluding diaryl/α,β-unsaturated/α-hetero) is 1. The Morgan fingerprint density at radius 3 is 2.83 bits per heavy atom. The highest BCUT2D eigenvalue weighted by atomic mass is 35.5. The Hall–Kier alpha value is -0.910. The molecule has 0 unspecified atom stereocenters. The predicted octanol–water partition coefficient (Wildman–Crippen LogP) is 1.93. The molecular weight excluding hydrogens is 256 g/mol. The summed E-state index contributed by atoms with van der Waals surface area (Å²) in [5, 5.41) is 4.47. The summed E-state index contributed by atoms with van der Waals surface area (Å²) in [6, 6.07) is 0. The van der Waals surface area contributed by atoms with Gasteiger partial charge in [-0.3, -0.25) is 9.48 Å². The van der Waals surface area contributed by atoms with Gasteiger partial charge in [-0.05, 0) is 6.92 Å². The molecule has 1 aliphatic heterocycles. The zero-order valence-corrected chi connectivity index (χ0v) is 11.4. The van der Waals surface area contributed by atoms with Crippen LogP contribution in [0.5, 0.6) is 0 Å². The van der Waals surface area contributed by atoms with Crippen LogP contribution in [0.2, 0.25) is 5.02 Å². The van der Waals surface area contributed by atoms with Gasteiger partial charge >= 0.3 is 0 Å². The molecule has 1 fully saturated rings. The lowest BCUT2D eigenvalue weighted by Gasteiger charge is -2.34. The van der Waals surface area contributed by atoms with E-state index in [1.807, 2.05) is 6.92 Å². The van der Waals surface area contributed by atoms with Gasteiger partial charge in [0.1, 0.15) is 11.3 Å². The quantitative estimate of drug-likeness (QED) is 0.786. The monoisotopic (exact) mass is 272 g/mol. The maximum absolute atomic E-state index is 12.7. The number of carbonyl (C=O) groups excluding carboxylic acids is 1. The van der Waals surface area contributed by atoms with Gasteiger partial charge in [0.05, 0.1) is 11.2 Å². The second-order valence-electron chi connectivity index (χ2n) is 4.30. The fraction of sp³-hybridized carbons (Fsp3) is 0.667. The van der Waals surface area contributed by atoms with Crippen LogP contribution in [-0.2, 0) is 16.0 Å². The van der Waals surface area contributed by atoms with Crippen LogP contribution in [0, 0.1) is 0 Å². The van der Waals surface area contributed by atoms with Crippen molar-refractivity contribution in [2.45, 2.75) is 31.9 Å². The molecule has 0 bridgehead atoms. The molecule has 2 heterocycles. The van der Waals surface area contributed by atoms with Crippen LogP contribution < -0.4 is 0 Å². The highest BCUT2D eigenvalue weighted by Crippen LogP contribution is 2.31. The molecule has 0 atom stereocenters. The lowest BCUT2D eigenvalue weighted by atomic mass is 9.87. The van der Waals surface area contributed by atoms with E-state index in [2.05, 4.69) is 5.10 Å². The highest BCUT2D eigenvalue weighted by molar-refractivity contribution is 6.34. The Morgan fingerprint density at radius 1 is 1.61 bits per heavy atom. The van der Waals surface area contributed by atoms with Crippen LogP contribution in [0.3, 0.4) is 0 Å². The lowest BCUT2D eigenvalue weighted by Crippen LogP contribution is -2.46. The Labute approximate surface area is 111 Å². The minimum Gasteiger partial charge on any atom is -0.381 e. The Balaban J connectivity index is 2.36. The fourth-order valence-corrected chi connectivity index (χ4v) is 2.50. The molecule has 6 heteroatoms. The maximum atomic E-state index is 12.7. The van der Waals surface area contributed by atoms with Crippen molar-refractivity contribution in [1.82, 2.24) is 9.78 Å². The van der Waals surface area contributed by atoms with Crippen LogP contribution in [0.25, 0.3) is 0 Å². The van der Waals surface area contributed by atoms with E-state index in [0.717, 1.165) is 0 Å². The molecule has 0 aromatic carbocycles. The third kappa shape index (κ3) is 2.18. The van der Waals surface area contributed by atoms with Crippen molar-refractivity contribution in [2.24, 2.45) is 0 Å². The van der Waals surface area contributed by atoms with Gasteiger partial charge in [0, 0.05) is 39.7 Å². The second-order valence-corrected chi connectivity index (χ2v) is 4.70. The predicted molar refractivity (Wildman–Crippen MR) is 67.0 cm³/mol. The van der Waals surface area contributed by atoms with Gasteiger partial charge < -0.3 is 9.47 Å². The van der Waals surface area contributed by atoms with E-state index in [9.17, 15) is 4.79 Å². The number of aromatic nitrogens is 2. The van der Waals surface area contributed by atoms with Crippen molar-refractivity contribution < 1.29 is 14.3 Å². The van der Waals surface area contributed by atoms with E-state index in [1.165, 1.54) is 6.20 Å². The van der Waals surface area contributed by atoms with Crippen LogP contribution >= 0.6 is 11.6 Å². The molecule has 2 rings (SSSR count). The summed E-state index contributed by atoms with van der Waals surface area (Å²) in [6.45, 7) is 3.57. The van der Waals surface area contributed by atoms with Gasteiger partial charge in [0.2, 0.25) is 5.78 Å². The number of methoxy groups -OCH3 is 1. The molecular formula is C12H17ClN2O3. The summed E-state index contributed by atoms with van der Waals surface area (Å²) in [5.74, 6) is -0.0994. The number of hydrogen-bond acceptors (Lipinski definition) is 4. The van der Waals surface area contributed by atoms with E-state index in [1.54, 1.807) is 11.8 Å². The molecule has 1 saturated heterocycles. The normalized spacial score (nSPS) is 18.8. The number of ether oxygens (including phenoxy) is 2. The highest BCUT2D eigenvalue weighted by Gasteiger charge is 2.42. The summed E-state index contributed by atoms with van der Waals surface area (Å²) in [5.41, 5.74) is -0.391. The average molecular weight is 273 g/mol. The molecule has 1 aliphatic rings. The first-order valence-electron chi connectivity index (χ1n) is 6.03. The zero-order valence-electron chi connectivity index (χ0n) is 10.6. The van der Waals surface area contributed by atoms with Gasteiger partial charge in [-0.2, -0.15) is 5.10 Å². The Bertz CT molecular complexity index is 439. The first-order valence-corrected chi connectivity index (χ1v) is 6.41. The molecule has 0 aliphatic carbocycles. The van der Waals surface area contributed by atoms with Gasteiger partial charge in [-0.25, -0.2) is 0 Å². The third-order valence-corrected chi connectivity index (χ3v) is 3.69. The average Bonchev–Trinajstić information content (AvgIpc) is 2.79. The van der Waals surface area contributed by atoms with Crippen LogP contribution in [0.4, 0.5) is 0 Å². The standard InChI is InChI=1S/C12H17ClN2O3/c1-3-15-10(9(13)8-14-15)11(16)12(17-2)4-6-18-7-5-12/h8H,3-7H2,1-2H3. The van der Waals surface area contributed by atoms with Gasteiger partial charge in [0.15, 0.2) is 0 Å². The summed E-state index contributed by atoms with van der Waals surface area (Å²) in [7, 11) is 1.56. The molecule has 0 amide bonds. The van der Waals surface area contributed by atoms with Crippen LogP contribution in [-0.4, -0.2) is 41.5 Å². The molecule has 0 radical (unpaired) electrons. The van der Waals surface area contributed by atoms with Crippen molar-refractivity contribution in [1.29, 1.82) is 0 Å². The number of rotatable bonds is 4. The molecule has 0 saturated carbocycles. The minimum atomic E-state index is -0.825. The first kappa shape index (κ1) is 13.5. The maximum Gasteiger partial charge on any atom is 0.214 e. The Kier molecular flexibility index (Phi) is 4.04. The molecule has 1 aromatic rings. The van der Waals surface area contributed by atoms with Crippen molar-refractivity contribution >= 4 is 17.4 Å². The van der Waals surface area contributed by atoms with Gasteiger partial charge in [-0.15, -0.1) is 0 Å². The number of ketones is 1. The summed E-state index contributed by atoms with van der Waals surface area (Å²) in [4.78, 5) is 12.7. The van der Waals surface area contributed by atoms with E-state index in [4.69, 9.17) is 21.1 Å². The van der Waals surface area contributed by atoms with E-state index in [-0.39, 0.29) is 5.78 Å². The lowest BCUT2D eigenvalue weighted by molar-refractivity contribution is -0.0667. The molecule has 0 N–H and O–H groups in total. The molecule has 18 heavy (non-hydrogen) atoms. The van der Waals surface area contributed by atoms with Crippen molar-refractivity contribution in [3.8, 4) is 0 Å². The van der Waals surface area contributed by atoms with Gasteiger partial charge in [0.25, 0.3) is 0 Å². The van der Waals surface area contributed by atoms with Crippen LogP contribution in [0.1, 0.15) is 30.3 Å². The number of carbonyl (C=O) groups is 1. The topological polar surface area (TPSA) is 53.4 Å². The zero-order chi connectivity index (χ0) is 13.2. The molecule has 1 aromatic heterocycles. The third-order valence-electron chi connectivity index (χ3n) is 3.41. The molecule has 0 spiro atoms. The van der Waals surface area contributed by atoms with Crippen molar-refractivity contribution in [3.05, 3.63) is 16.9 Å². The number of hydrogen-bond donors (Lipinski definition) is 0. The van der Waals surface area contributed by atoms with Crippen molar-refractivity contribution in [3.63, 3.8) is 0 Å². The summed E-state index contributed by atoms with van der Waals surface area (Å²) in [6.07, 6.45) is 2.60. The molecule has 100 valence electrons. The van der Waals surface area contributed by atoms with Crippen LogP contribution in [0.15, 0.2) is 6.20 Å². The summed E-state index contributed by atoms with van der Waals surface area (Å²) < 4.78 is 12.4. The summed E-state index contributed by atoms with van der Waals surface area (Å²) >= 11 is 6.07. The smallest absolute Gasteiger partial charge is 0.214 e. The van der Waals surface area contributed by atoms with E-state index >= 15 is 0 Å². The van der Waals surface area contributed by atoms with E-state index in [0.29, 0.717) is 43.3 Å². The second kappa shape index (κ2) is 5.38.